The predicted octanol–water partition coefficient (Wildman–Crippen LogP) is 2.44. The highest BCUT2D eigenvalue weighted by atomic mass is 16.2. The van der Waals surface area contributed by atoms with Crippen molar-refractivity contribution in [2.45, 2.75) is 32.1 Å². The Kier molecular flexibility index (Phi) is 4.34. The molecule has 0 heterocycles. The van der Waals surface area contributed by atoms with Gasteiger partial charge in [-0.15, -0.1) is 0 Å². The Morgan fingerprint density at radius 1 is 1.39 bits per heavy atom. The van der Waals surface area contributed by atoms with Crippen LogP contribution in [0.15, 0.2) is 35.4 Å². The topological polar surface area (TPSA) is 67.5 Å². The second-order valence-corrected chi connectivity index (χ2v) is 4.69. The molecule has 3 N–H and O–H groups in total. The Bertz CT molecular complexity index is 428. The largest absolute Gasteiger partial charge is 0.350 e. The zero-order valence-corrected chi connectivity index (χ0v) is 10.4. The van der Waals surface area contributed by atoms with Crippen molar-refractivity contribution in [3.8, 4) is 0 Å². The maximum absolute atomic E-state index is 10.6. The molecule has 2 rings (SSSR count). The minimum absolute atomic E-state index is 0.483. The number of aryl methyl sites for hydroxylation is 1. The van der Waals surface area contributed by atoms with Crippen LogP contribution in [0, 0.1) is 5.92 Å². The van der Waals surface area contributed by atoms with Crippen molar-refractivity contribution in [1.82, 2.24) is 5.43 Å². The Labute approximate surface area is 107 Å². The van der Waals surface area contributed by atoms with Gasteiger partial charge in [-0.25, -0.2) is 10.2 Å². The van der Waals surface area contributed by atoms with Crippen molar-refractivity contribution in [3.63, 3.8) is 0 Å². The van der Waals surface area contributed by atoms with Crippen LogP contribution in [0.1, 0.15) is 31.2 Å². The fourth-order valence-corrected chi connectivity index (χ4v) is 2.47. The van der Waals surface area contributed by atoms with Crippen molar-refractivity contribution in [2.24, 2.45) is 16.8 Å². The monoisotopic (exact) mass is 245 g/mol. The minimum atomic E-state index is -0.587. The van der Waals surface area contributed by atoms with Crippen molar-refractivity contribution >= 4 is 11.7 Å². The van der Waals surface area contributed by atoms with Gasteiger partial charge in [-0.1, -0.05) is 30.3 Å². The number of primary amides is 1. The number of benzene rings is 1. The molecule has 0 saturated heterocycles. The molecule has 1 atom stereocenters. The van der Waals surface area contributed by atoms with E-state index in [9.17, 15) is 4.79 Å². The van der Waals surface area contributed by atoms with Crippen molar-refractivity contribution in [1.29, 1.82) is 0 Å². The lowest BCUT2D eigenvalue weighted by molar-refractivity contribution is 0.249. The smallest absolute Gasteiger partial charge is 0.332 e. The fourth-order valence-electron chi connectivity index (χ4n) is 2.47. The first-order chi connectivity index (χ1) is 8.75. The van der Waals surface area contributed by atoms with Gasteiger partial charge >= 0.3 is 6.03 Å². The van der Waals surface area contributed by atoms with Gasteiger partial charge in [0.15, 0.2) is 0 Å². The number of rotatable bonds is 4. The van der Waals surface area contributed by atoms with Crippen LogP contribution >= 0.6 is 0 Å². The number of hydrogen-bond donors (Lipinski definition) is 2. The molecule has 1 aromatic rings. The van der Waals surface area contributed by atoms with Crippen LogP contribution in [-0.2, 0) is 6.42 Å². The van der Waals surface area contributed by atoms with E-state index >= 15 is 0 Å². The SMILES string of the molecule is NC(=O)N/N=C1\CCC[C@H]1CCc1ccccc1. The number of hydrazone groups is 1. The van der Waals surface area contributed by atoms with Crippen LogP contribution < -0.4 is 11.2 Å². The molecule has 1 fully saturated rings. The molecular formula is C14H19N3O. The van der Waals surface area contributed by atoms with Gasteiger partial charge in [-0.05, 0) is 43.6 Å². The van der Waals surface area contributed by atoms with E-state index in [1.165, 1.54) is 5.56 Å². The molecule has 0 aliphatic heterocycles. The minimum Gasteiger partial charge on any atom is -0.350 e. The summed E-state index contributed by atoms with van der Waals surface area (Å²) >= 11 is 0. The molecule has 2 amide bonds. The van der Waals surface area contributed by atoms with E-state index < -0.39 is 6.03 Å². The lowest BCUT2D eigenvalue weighted by atomic mass is 9.97. The van der Waals surface area contributed by atoms with Crippen LogP contribution in [0.3, 0.4) is 0 Å². The summed E-state index contributed by atoms with van der Waals surface area (Å²) in [5.41, 5.74) is 9.81. The van der Waals surface area contributed by atoms with Gasteiger partial charge in [0.1, 0.15) is 0 Å². The molecule has 96 valence electrons. The lowest BCUT2D eigenvalue weighted by Gasteiger charge is -2.10. The van der Waals surface area contributed by atoms with Crippen LogP contribution in [0.2, 0.25) is 0 Å². The first-order valence-electron chi connectivity index (χ1n) is 6.41. The molecule has 4 heteroatoms. The van der Waals surface area contributed by atoms with Gasteiger partial charge < -0.3 is 5.73 Å². The molecule has 0 unspecified atom stereocenters. The highest BCUT2D eigenvalue weighted by molar-refractivity contribution is 5.89. The second kappa shape index (κ2) is 6.19. The van der Waals surface area contributed by atoms with Gasteiger partial charge in [0.25, 0.3) is 0 Å². The van der Waals surface area contributed by atoms with Gasteiger partial charge in [0, 0.05) is 5.71 Å². The lowest BCUT2D eigenvalue weighted by Crippen LogP contribution is -2.26. The Hall–Kier alpha value is -1.84. The van der Waals surface area contributed by atoms with E-state index in [1.54, 1.807) is 0 Å². The summed E-state index contributed by atoms with van der Waals surface area (Å²) in [5, 5.41) is 4.11. The third-order valence-electron chi connectivity index (χ3n) is 3.39. The molecule has 18 heavy (non-hydrogen) atoms. The van der Waals surface area contributed by atoms with Crippen molar-refractivity contribution in [2.75, 3.05) is 0 Å². The molecule has 4 nitrogen and oxygen atoms in total. The zero-order valence-electron chi connectivity index (χ0n) is 10.4. The van der Waals surface area contributed by atoms with E-state index in [-0.39, 0.29) is 0 Å². The van der Waals surface area contributed by atoms with E-state index in [0.29, 0.717) is 5.92 Å². The maximum atomic E-state index is 10.6. The summed E-state index contributed by atoms with van der Waals surface area (Å²) in [6.45, 7) is 0. The Morgan fingerprint density at radius 3 is 2.89 bits per heavy atom. The zero-order chi connectivity index (χ0) is 12.8. The predicted molar refractivity (Wildman–Crippen MR) is 72.3 cm³/mol. The number of nitrogens with zero attached hydrogens (tertiary/aromatic N) is 1. The molecule has 1 saturated carbocycles. The van der Waals surface area contributed by atoms with Crippen LogP contribution in [0.4, 0.5) is 4.79 Å². The molecule has 1 aliphatic carbocycles. The molecule has 1 aliphatic rings. The summed E-state index contributed by atoms with van der Waals surface area (Å²) in [6.07, 6.45) is 5.43. The van der Waals surface area contributed by atoms with E-state index in [4.69, 9.17) is 5.73 Å². The average Bonchev–Trinajstić information content (AvgIpc) is 2.82. The van der Waals surface area contributed by atoms with Crippen molar-refractivity contribution < 1.29 is 4.79 Å². The van der Waals surface area contributed by atoms with Gasteiger partial charge in [0.2, 0.25) is 0 Å². The Morgan fingerprint density at radius 2 is 2.17 bits per heavy atom. The van der Waals surface area contributed by atoms with Gasteiger partial charge in [-0.3, -0.25) is 0 Å². The number of nitrogens with two attached hydrogens (primary N) is 1. The number of carbonyl (C=O) groups excluding carboxylic acids is 1. The standard InChI is InChI=1S/C14H19N3O/c15-14(18)17-16-13-8-4-7-12(13)10-9-11-5-2-1-3-6-11/h1-3,5-6,12H,4,7-10H2,(H3,15,17,18)/b16-13+/t12-/m0/s1. The molecule has 1 aromatic carbocycles. The molecular weight excluding hydrogens is 226 g/mol. The van der Waals surface area contributed by atoms with Crippen LogP contribution in [-0.4, -0.2) is 11.7 Å². The van der Waals surface area contributed by atoms with Crippen LogP contribution in [0.5, 0.6) is 0 Å². The second-order valence-electron chi connectivity index (χ2n) is 4.69. The highest BCUT2D eigenvalue weighted by Gasteiger charge is 2.22. The number of carbonyl (C=O) groups is 1. The summed E-state index contributed by atoms with van der Waals surface area (Å²) in [7, 11) is 0. The summed E-state index contributed by atoms with van der Waals surface area (Å²) in [5.74, 6) is 0.483. The summed E-state index contributed by atoms with van der Waals surface area (Å²) in [4.78, 5) is 10.6. The first-order valence-corrected chi connectivity index (χ1v) is 6.41. The summed E-state index contributed by atoms with van der Waals surface area (Å²) in [6, 6.07) is 9.86. The van der Waals surface area contributed by atoms with Gasteiger partial charge in [0.05, 0.1) is 0 Å². The number of nitrogens with one attached hydrogen (secondary N) is 1. The molecule has 0 spiro atoms. The average molecular weight is 245 g/mol. The van der Waals surface area contributed by atoms with Gasteiger partial charge in [-0.2, -0.15) is 5.10 Å². The summed E-state index contributed by atoms with van der Waals surface area (Å²) < 4.78 is 0. The molecule has 0 aromatic heterocycles. The normalized spacial score (nSPS) is 21.1. The quantitative estimate of drug-likeness (QED) is 0.786. The van der Waals surface area contributed by atoms with E-state index in [2.05, 4.69) is 34.8 Å². The van der Waals surface area contributed by atoms with E-state index in [0.717, 1.165) is 37.8 Å². The Balaban J connectivity index is 1.88. The van der Waals surface area contributed by atoms with Crippen LogP contribution in [0.25, 0.3) is 0 Å². The number of hydrogen-bond acceptors (Lipinski definition) is 2. The van der Waals surface area contributed by atoms with Crippen molar-refractivity contribution in [3.05, 3.63) is 35.9 Å². The fraction of sp³-hybridized carbons (Fsp3) is 0.429. The maximum Gasteiger partial charge on any atom is 0.332 e. The first kappa shape index (κ1) is 12.6. The number of amides is 2. The third-order valence-corrected chi connectivity index (χ3v) is 3.39. The molecule has 0 bridgehead atoms. The number of urea groups is 1. The molecule has 0 radical (unpaired) electrons. The van der Waals surface area contributed by atoms with E-state index in [1.807, 2.05) is 6.07 Å². The highest BCUT2D eigenvalue weighted by Crippen LogP contribution is 2.26. The third kappa shape index (κ3) is 3.58.